The molecule has 2 unspecified atom stereocenters. The Labute approximate surface area is 191 Å². The van der Waals surface area contributed by atoms with E-state index < -0.39 is 9.84 Å². The van der Waals surface area contributed by atoms with Gasteiger partial charge >= 0.3 is 0 Å². The molecule has 2 aliphatic rings. The zero-order valence-electron chi connectivity index (χ0n) is 17.0. The first-order chi connectivity index (χ1) is 14.3. The van der Waals surface area contributed by atoms with Crippen molar-refractivity contribution in [2.24, 2.45) is 0 Å². The number of nitrogens with zero attached hydrogens (tertiary/aromatic N) is 3. The minimum absolute atomic E-state index is 0.00113. The number of aromatic nitrogens is 1. The van der Waals surface area contributed by atoms with Gasteiger partial charge in [-0.25, -0.2) is 13.4 Å². The third-order valence-electron chi connectivity index (χ3n) is 5.97. The second kappa shape index (κ2) is 8.82. The van der Waals surface area contributed by atoms with E-state index in [1.54, 1.807) is 18.2 Å². The fourth-order valence-corrected chi connectivity index (χ4v) is 7.26. The molecule has 30 heavy (non-hydrogen) atoms. The topological polar surface area (TPSA) is 70.6 Å². The van der Waals surface area contributed by atoms with Crippen LogP contribution in [-0.4, -0.2) is 55.1 Å². The molecule has 3 heterocycles. The van der Waals surface area contributed by atoms with Crippen molar-refractivity contribution in [1.29, 1.82) is 0 Å². The van der Waals surface area contributed by atoms with Crippen LogP contribution < -0.4 is 4.90 Å². The van der Waals surface area contributed by atoms with E-state index in [1.807, 2.05) is 46.7 Å². The maximum atomic E-state index is 12.8. The summed E-state index contributed by atoms with van der Waals surface area (Å²) in [5.41, 5.74) is 1.14. The Morgan fingerprint density at radius 2 is 1.83 bits per heavy atom. The van der Waals surface area contributed by atoms with Crippen molar-refractivity contribution in [1.82, 2.24) is 9.88 Å². The van der Waals surface area contributed by atoms with Crippen LogP contribution in [0.4, 0.5) is 5.82 Å². The number of pyridine rings is 1. The van der Waals surface area contributed by atoms with Crippen LogP contribution in [-0.2, 0) is 14.6 Å². The number of piperazine rings is 1. The lowest BCUT2D eigenvalue weighted by Crippen LogP contribution is -2.55. The Morgan fingerprint density at radius 3 is 2.47 bits per heavy atom. The molecule has 6 nitrogen and oxygen atoms in total. The molecular weight excluding hydrogens is 513 g/mol. The van der Waals surface area contributed by atoms with E-state index in [1.165, 1.54) is 0 Å². The van der Waals surface area contributed by atoms with Gasteiger partial charge in [-0.05, 0) is 72.5 Å². The third kappa shape index (κ3) is 4.49. The molecule has 0 saturated carbocycles. The molecule has 2 aliphatic heterocycles. The first kappa shape index (κ1) is 21.5. The number of halogens is 1. The Bertz CT molecular complexity index is 1010. The van der Waals surface area contributed by atoms with Gasteiger partial charge in [-0.15, -0.1) is 0 Å². The van der Waals surface area contributed by atoms with E-state index in [2.05, 4.69) is 22.0 Å². The number of aryl methyl sites for hydroxylation is 1. The first-order valence-electron chi connectivity index (χ1n) is 10.3. The van der Waals surface area contributed by atoms with Crippen molar-refractivity contribution in [3.8, 4) is 0 Å². The summed E-state index contributed by atoms with van der Waals surface area (Å²) in [6, 6.07) is 11.7. The van der Waals surface area contributed by atoms with E-state index in [0.29, 0.717) is 24.4 Å². The normalized spacial score (nSPS) is 21.1. The van der Waals surface area contributed by atoms with Gasteiger partial charge in [0.15, 0.2) is 9.84 Å². The van der Waals surface area contributed by atoms with Gasteiger partial charge in [0.2, 0.25) is 5.91 Å². The van der Waals surface area contributed by atoms with Crippen LogP contribution >= 0.6 is 22.6 Å². The first-order valence-corrected chi connectivity index (χ1v) is 13.0. The van der Waals surface area contributed by atoms with Crippen LogP contribution in [0, 0.1) is 10.5 Å². The molecule has 2 bridgehead atoms. The largest absolute Gasteiger partial charge is 0.347 e. The number of hydrogen-bond acceptors (Lipinski definition) is 5. The molecule has 0 N–H and O–H groups in total. The Balaban J connectivity index is 1.34. The summed E-state index contributed by atoms with van der Waals surface area (Å²) in [6.45, 7) is 3.41. The van der Waals surface area contributed by atoms with E-state index in [0.717, 1.165) is 27.8 Å². The van der Waals surface area contributed by atoms with Gasteiger partial charge < -0.3 is 9.80 Å². The summed E-state index contributed by atoms with van der Waals surface area (Å²) in [6.07, 6.45) is 4.63. The lowest BCUT2D eigenvalue weighted by atomic mass is 10.1. The molecule has 2 atom stereocenters. The summed E-state index contributed by atoms with van der Waals surface area (Å²) >= 11 is 2.04. The Morgan fingerprint density at radius 1 is 1.13 bits per heavy atom. The van der Waals surface area contributed by atoms with Crippen molar-refractivity contribution < 1.29 is 13.2 Å². The lowest BCUT2D eigenvalue weighted by Gasteiger charge is -2.42. The average molecular weight is 539 g/mol. The number of benzene rings is 1. The minimum Gasteiger partial charge on any atom is -0.347 e. The predicted molar refractivity (Wildman–Crippen MR) is 125 cm³/mol. The molecule has 160 valence electrons. The highest BCUT2D eigenvalue weighted by Crippen LogP contribution is 2.34. The minimum atomic E-state index is -3.37. The molecule has 1 amide bonds. The number of amides is 1. The molecule has 4 rings (SSSR count). The average Bonchev–Trinajstić information content (AvgIpc) is 2.97. The van der Waals surface area contributed by atoms with Gasteiger partial charge in [-0.2, -0.15) is 0 Å². The van der Waals surface area contributed by atoms with Crippen molar-refractivity contribution in [2.75, 3.05) is 23.7 Å². The molecule has 0 aliphatic carbocycles. The fourth-order valence-electron chi connectivity index (χ4n) is 4.47. The summed E-state index contributed by atoms with van der Waals surface area (Å²) in [7, 11) is -3.37. The third-order valence-corrected chi connectivity index (χ3v) is 9.13. The van der Waals surface area contributed by atoms with Crippen molar-refractivity contribution in [3.63, 3.8) is 0 Å². The highest BCUT2D eigenvalue weighted by molar-refractivity contribution is 14.1. The number of likely N-dealkylation sites (tertiary alicyclic amines) is 1. The molecular formula is C22H26IN3O3S. The fraction of sp³-hybridized carbons (Fsp3) is 0.455. The molecule has 8 heteroatoms. The van der Waals surface area contributed by atoms with Crippen LogP contribution in [0.25, 0.3) is 0 Å². The zero-order valence-corrected chi connectivity index (χ0v) is 20.0. The number of carbonyl (C=O) groups is 1. The quantitative estimate of drug-likeness (QED) is 0.527. The van der Waals surface area contributed by atoms with Gasteiger partial charge in [0, 0.05) is 41.4 Å². The highest BCUT2D eigenvalue weighted by atomic mass is 127. The molecule has 2 fully saturated rings. The number of rotatable bonds is 6. The number of hydrogen-bond donors (Lipinski definition) is 0. The zero-order chi connectivity index (χ0) is 21.3. The molecule has 1 aromatic heterocycles. The predicted octanol–water partition coefficient (Wildman–Crippen LogP) is 3.43. The summed E-state index contributed by atoms with van der Waals surface area (Å²) in [5.74, 6) is 1.05. The maximum Gasteiger partial charge on any atom is 0.222 e. The number of sulfone groups is 1. The smallest absolute Gasteiger partial charge is 0.222 e. The van der Waals surface area contributed by atoms with Gasteiger partial charge in [0.05, 0.1) is 10.6 Å². The van der Waals surface area contributed by atoms with Crippen LogP contribution in [0.2, 0.25) is 0 Å². The molecule has 0 spiro atoms. The number of anilines is 1. The second-order valence-corrected chi connectivity index (χ2v) is 11.4. The second-order valence-electron chi connectivity index (χ2n) is 8.14. The Kier molecular flexibility index (Phi) is 6.34. The van der Waals surface area contributed by atoms with E-state index in [4.69, 9.17) is 0 Å². The van der Waals surface area contributed by atoms with Crippen LogP contribution in [0.5, 0.6) is 0 Å². The highest BCUT2D eigenvalue weighted by Gasteiger charge is 2.41. The molecule has 2 saturated heterocycles. The van der Waals surface area contributed by atoms with E-state index >= 15 is 0 Å². The van der Waals surface area contributed by atoms with E-state index in [9.17, 15) is 13.2 Å². The van der Waals surface area contributed by atoms with Gasteiger partial charge in [-0.1, -0.05) is 18.2 Å². The SMILES string of the molecule is Cc1ccc(N2C3CCC2CN(C(=O)CCCS(=O)(=O)c2ccccc2I)C3)nc1. The van der Waals surface area contributed by atoms with Crippen molar-refractivity contribution in [2.45, 2.75) is 49.6 Å². The van der Waals surface area contributed by atoms with Crippen LogP contribution in [0.1, 0.15) is 31.2 Å². The van der Waals surface area contributed by atoms with Crippen molar-refractivity contribution >= 4 is 44.2 Å². The lowest BCUT2D eigenvalue weighted by molar-refractivity contribution is -0.132. The number of fused-ring (bicyclic) bond motifs is 2. The number of carbonyl (C=O) groups excluding carboxylic acids is 1. The Hall–Kier alpha value is -1.68. The molecule has 2 aromatic rings. The summed E-state index contributed by atoms with van der Waals surface area (Å²) < 4.78 is 25.9. The maximum absolute atomic E-state index is 12.8. The monoisotopic (exact) mass is 539 g/mol. The van der Waals surface area contributed by atoms with Gasteiger partial charge in [-0.3, -0.25) is 4.79 Å². The standard InChI is InChI=1S/C22H26IN3O3S/c1-16-8-11-21(24-13-16)26-17-9-10-18(26)15-25(14-17)22(27)7-4-12-30(28,29)20-6-3-2-5-19(20)23/h2-3,5-6,8,11,13,17-18H,4,7,9-10,12,14-15H2,1H3. The van der Waals surface area contributed by atoms with Crippen LogP contribution in [0.15, 0.2) is 47.5 Å². The molecule has 1 aromatic carbocycles. The van der Waals surface area contributed by atoms with Gasteiger partial charge in [0.1, 0.15) is 5.82 Å². The molecule has 0 radical (unpaired) electrons. The van der Waals surface area contributed by atoms with E-state index in [-0.39, 0.29) is 30.2 Å². The summed E-state index contributed by atoms with van der Waals surface area (Å²) in [5, 5.41) is 0. The summed E-state index contributed by atoms with van der Waals surface area (Å²) in [4.78, 5) is 22.0. The van der Waals surface area contributed by atoms with Crippen LogP contribution in [0.3, 0.4) is 0 Å². The van der Waals surface area contributed by atoms with Gasteiger partial charge in [0.25, 0.3) is 0 Å². The van der Waals surface area contributed by atoms with Crippen molar-refractivity contribution in [3.05, 3.63) is 51.7 Å².